The van der Waals surface area contributed by atoms with Gasteiger partial charge < -0.3 is 10.6 Å². The summed E-state index contributed by atoms with van der Waals surface area (Å²) in [5, 5.41) is 5.75. The topological polar surface area (TPSA) is 66.9 Å². The lowest BCUT2D eigenvalue weighted by Gasteiger charge is -2.04. The number of aromatic nitrogens is 2. The summed E-state index contributed by atoms with van der Waals surface area (Å²) in [6, 6.07) is 0. The lowest BCUT2D eigenvalue weighted by molar-refractivity contribution is 0.0948. The summed E-state index contributed by atoms with van der Waals surface area (Å²) >= 11 is 0. The second kappa shape index (κ2) is 5.95. The molecule has 0 aliphatic carbocycles. The highest BCUT2D eigenvalue weighted by atomic mass is 16.1. The fraction of sp³-hybridized carbons (Fsp3) is 0.500. The molecule has 0 aliphatic rings. The van der Waals surface area contributed by atoms with Gasteiger partial charge in [0.1, 0.15) is 11.5 Å². The smallest absolute Gasteiger partial charge is 0.271 e. The minimum absolute atomic E-state index is 0.174. The quantitative estimate of drug-likeness (QED) is 0.759. The lowest BCUT2D eigenvalue weighted by atomic mass is 10.4. The van der Waals surface area contributed by atoms with Crippen LogP contribution in [0.1, 0.15) is 30.8 Å². The minimum atomic E-state index is -0.174. The summed E-state index contributed by atoms with van der Waals surface area (Å²) in [6.45, 7) is 5.43. The van der Waals surface area contributed by atoms with Gasteiger partial charge in [-0.15, -0.1) is 0 Å². The van der Waals surface area contributed by atoms with E-state index in [0.29, 0.717) is 18.1 Å². The van der Waals surface area contributed by atoms with Gasteiger partial charge in [0.15, 0.2) is 0 Å². The van der Waals surface area contributed by atoms with Gasteiger partial charge in [-0.2, -0.15) is 0 Å². The number of carbonyl (C=O) groups excluding carboxylic acids is 1. The van der Waals surface area contributed by atoms with E-state index in [1.807, 2.05) is 13.8 Å². The van der Waals surface area contributed by atoms with E-state index in [4.69, 9.17) is 0 Å². The number of amides is 1. The molecule has 0 unspecified atom stereocenters. The maximum atomic E-state index is 11.4. The summed E-state index contributed by atoms with van der Waals surface area (Å²) in [4.78, 5) is 19.5. The average Bonchev–Trinajstić information content (AvgIpc) is 2.27. The van der Waals surface area contributed by atoms with Gasteiger partial charge in [-0.05, 0) is 13.3 Å². The van der Waals surface area contributed by atoms with Crippen LogP contribution in [0.25, 0.3) is 0 Å². The Hall–Kier alpha value is -1.65. The van der Waals surface area contributed by atoms with Crippen LogP contribution in [0, 0.1) is 0 Å². The van der Waals surface area contributed by atoms with Gasteiger partial charge in [-0.3, -0.25) is 4.79 Å². The molecule has 0 radical (unpaired) electrons. The second-order valence-corrected chi connectivity index (χ2v) is 3.07. The number of hydrogen-bond donors (Lipinski definition) is 2. The van der Waals surface area contributed by atoms with Crippen LogP contribution in [-0.2, 0) is 0 Å². The molecule has 1 amide bonds. The van der Waals surface area contributed by atoms with E-state index in [-0.39, 0.29) is 5.91 Å². The molecule has 0 saturated heterocycles. The molecule has 0 spiro atoms. The van der Waals surface area contributed by atoms with Gasteiger partial charge in [0.25, 0.3) is 5.91 Å². The fourth-order valence-electron chi connectivity index (χ4n) is 1.05. The monoisotopic (exact) mass is 208 g/mol. The van der Waals surface area contributed by atoms with Crippen molar-refractivity contribution >= 4 is 11.7 Å². The largest absolute Gasteiger partial charge is 0.369 e. The Morgan fingerprint density at radius 1 is 1.33 bits per heavy atom. The van der Waals surface area contributed by atoms with Crippen LogP contribution >= 0.6 is 0 Å². The van der Waals surface area contributed by atoms with Crippen LogP contribution in [0.15, 0.2) is 12.4 Å². The van der Waals surface area contributed by atoms with Crippen molar-refractivity contribution in [3.8, 4) is 0 Å². The summed E-state index contributed by atoms with van der Waals surface area (Å²) in [6.07, 6.45) is 3.95. The number of carbonyl (C=O) groups is 1. The Balaban J connectivity index is 2.58. The molecule has 0 saturated carbocycles. The Labute approximate surface area is 89.3 Å². The number of nitrogens with zero attached hydrogens (tertiary/aromatic N) is 2. The van der Waals surface area contributed by atoms with Gasteiger partial charge in [0.05, 0.1) is 12.4 Å². The Kier molecular flexibility index (Phi) is 4.53. The first-order valence-corrected chi connectivity index (χ1v) is 5.12. The third-order valence-corrected chi connectivity index (χ3v) is 1.78. The zero-order valence-corrected chi connectivity index (χ0v) is 9.08. The number of hydrogen-bond acceptors (Lipinski definition) is 4. The fourth-order valence-corrected chi connectivity index (χ4v) is 1.05. The van der Waals surface area contributed by atoms with E-state index in [1.54, 1.807) is 6.20 Å². The molecule has 1 aromatic heterocycles. The van der Waals surface area contributed by atoms with Crippen LogP contribution in [-0.4, -0.2) is 29.0 Å². The molecule has 1 heterocycles. The van der Waals surface area contributed by atoms with Gasteiger partial charge >= 0.3 is 0 Å². The molecule has 2 N–H and O–H groups in total. The summed E-state index contributed by atoms with van der Waals surface area (Å²) < 4.78 is 0. The van der Waals surface area contributed by atoms with Crippen LogP contribution in [0.4, 0.5) is 5.82 Å². The highest BCUT2D eigenvalue weighted by Crippen LogP contribution is 2.00. The summed E-state index contributed by atoms with van der Waals surface area (Å²) in [7, 11) is 0. The van der Waals surface area contributed by atoms with Crippen LogP contribution in [0.2, 0.25) is 0 Å². The van der Waals surface area contributed by atoms with Gasteiger partial charge in [-0.25, -0.2) is 9.97 Å². The average molecular weight is 208 g/mol. The van der Waals surface area contributed by atoms with E-state index >= 15 is 0 Å². The molecule has 0 aromatic carbocycles. The molecule has 1 aromatic rings. The van der Waals surface area contributed by atoms with Crippen molar-refractivity contribution in [3.63, 3.8) is 0 Å². The first-order chi connectivity index (χ1) is 7.27. The van der Waals surface area contributed by atoms with Crippen molar-refractivity contribution in [3.05, 3.63) is 18.1 Å². The Morgan fingerprint density at radius 3 is 2.67 bits per heavy atom. The number of nitrogens with one attached hydrogen (secondary N) is 2. The van der Waals surface area contributed by atoms with Crippen LogP contribution in [0.5, 0.6) is 0 Å². The molecule has 5 nitrogen and oxygen atoms in total. The highest BCUT2D eigenvalue weighted by Gasteiger charge is 2.05. The Morgan fingerprint density at radius 2 is 2.13 bits per heavy atom. The highest BCUT2D eigenvalue weighted by molar-refractivity contribution is 5.91. The van der Waals surface area contributed by atoms with E-state index in [1.165, 1.54) is 6.20 Å². The van der Waals surface area contributed by atoms with Gasteiger partial charge in [0, 0.05) is 13.1 Å². The van der Waals surface area contributed by atoms with Crippen molar-refractivity contribution in [2.24, 2.45) is 0 Å². The van der Waals surface area contributed by atoms with Crippen molar-refractivity contribution in [2.75, 3.05) is 18.4 Å². The summed E-state index contributed by atoms with van der Waals surface area (Å²) in [5.41, 5.74) is 0.352. The van der Waals surface area contributed by atoms with E-state index in [9.17, 15) is 4.79 Å². The standard InChI is InChI=1S/C10H16N4O/c1-3-5-12-10(15)8-6-14-9(7-13-8)11-4-2/h6-7H,3-5H2,1-2H3,(H,11,14)(H,12,15). The molecule has 1 rings (SSSR count). The van der Waals surface area contributed by atoms with Crippen molar-refractivity contribution in [1.29, 1.82) is 0 Å². The first kappa shape index (κ1) is 11.4. The first-order valence-electron chi connectivity index (χ1n) is 5.12. The van der Waals surface area contributed by atoms with Crippen LogP contribution in [0.3, 0.4) is 0 Å². The van der Waals surface area contributed by atoms with Crippen molar-refractivity contribution in [2.45, 2.75) is 20.3 Å². The zero-order valence-electron chi connectivity index (χ0n) is 9.08. The molecule has 0 fully saturated rings. The van der Waals surface area contributed by atoms with Crippen molar-refractivity contribution in [1.82, 2.24) is 15.3 Å². The van der Waals surface area contributed by atoms with Crippen LogP contribution < -0.4 is 10.6 Å². The van der Waals surface area contributed by atoms with E-state index in [0.717, 1.165) is 13.0 Å². The maximum absolute atomic E-state index is 11.4. The molecule has 5 heteroatoms. The molecular formula is C10H16N4O. The third-order valence-electron chi connectivity index (χ3n) is 1.78. The molecule has 0 atom stereocenters. The summed E-state index contributed by atoms with van der Waals surface area (Å²) in [5.74, 6) is 0.511. The minimum Gasteiger partial charge on any atom is -0.369 e. The SMILES string of the molecule is CCCNC(=O)c1cnc(NCC)cn1. The Bertz CT molecular complexity index is 310. The van der Waals surface area contributed by atoms with Gasteiger partial charge in [0.2, 0.25) is 0 Å². The van der Waals surface area contributed by atoms with Crippen molar-refractivity contribution < 1.29 is 4.79 Å². The zero-order chi connectivity index (χ0) is 11.1. The predicted molar refractivity (Wildman–Crippen MR) is 58.8 cm³/mol. The molecule has 82 valence electrons. The second-order valence-electron chi connectivity index (χ2n) is 3.07. The van der Waals surface area contributed by atoms with Gasteiger partial charge in [-0.1, -0.05) is 6.92 Å². The lowest BCUT2D eigenvalue weighted by Crippen LogP contribution is -2.25. The molecular weight excluding hydrogens is 192 g/mol. The van der Waals surface area contributed by atoms with E-state index in [2.05, 4.69) is 20.6 Å². The predicted octanol–water partition coefficient (Wildman–Crippen LogP) is 1.05. The number of anilines is 1. The molecule has 0 aliphatic heterocycles. The molecule has 15 heavy (non-hydrogen) atoms. The molecule has 0 bridgehead atoms. The normalized spacial score (nSPS) is 9.73. The third kappa shape index (κ3) is 3.53. The maximum Gasteiger partial charge on any atom is 0.271 e. The number of rotatable bonds is 5. The van der Waals surface area contributed by atoms with E-state index < -0.39 is 0 Å².